The van der Waals surface area contributed by atoms with Crippen LogP contribution >= 0.6 is 0 Å². The van der Waals surface area contributed by atoms with Crippen LogP contribution in [0.3, 0.4) is 0 Å². The zero-order chi connectivity index (χ0) is 59.8. The fourth-order valence-electron chi connectivity index (χ4n) is 11.3. The van der Waals surface area contributed by atoms with Gasteiger partial charge in [-0.15, -0.1) is 0 Å². The van der Waals surface area contributed by atoms with Gasteiger partial charge >= 0.3 is 17.9 Å². The molecule has 9 rings (SSSR count). The number of carbonyl (C=O) groups excluding carboxylic acids is 3. The molecule has 1 amide bonds. The van der Waals surface area contributed by atoms with Crippen molar-refractivity contribution in [1.82, 2.24) is 0 Å². The van der Waals surface area contributed by atoms with E-state index in [0.717, 1.165) is 72.5 Å². The summed E-state index contributed by atoms with van der Waals surface area (Å²) in [7, 11) is 0. The minimum absolute atomic E-state index is 0.0649. The summed E-state index contributed by atoms with van der Waals surface area (Å²) in [5, 5.41) is 50.6. The number of carboxylic acids is 3. The maximum absolute atomic E-state index is 12.8. The Hall–Kier alpha value is -8.12. The minimum atomic E-state index is -1.07. The summed E-state index contributed by atoms with van der Waals surface area (Å²) >= 11 is 0. The third-order valence-electron chi connectivity index (χ3n) is 17.2. The summed E-state index contributed by atoms with van der Waals surface area (Å²) in [5.41, 5.74) is 11.3. The smallest absolute Gasteiger partial charge is 0.335 e. The molecular formula is C69H77NO11. The SMILES string of the molecule is CC1(C)CCC(C)(C)c2cc(C(=O)/C=C(\O)c3ccc(C(=O)O)cc3)c(O)cc21.CC1(C)CCC(C)(C)c2cc(C(=O)Cc3ccc(C(=O)O)cc3)ccc21.CC1(C)CCC(C)(C)c2cc(NC(=O)c3ccc(C(=O)O)cc3)ccc21. The number of fused-ring (bicyclic) bond motifs is 3. The van der Waals surface area contributed by atoms with E-state index in [9.17, 15) is 39.0 Å². The number of anilines is 1. The molecule has 0 atom stereocenters. The van der Waals surface area contributed by atoms with Gasteiger partial charge in [-0.05, 0) is 189 Å². The number of aliphatic hydroxyl groups excluding tert-OH is 1. The number of hydrogen-bond acceptors (Lipinski definition) is 8. The molecule has 0 aromatic heterocycles. The second-order valence-electron chi connectivity index (χ2n) is 26.0. The molecule has 81 heavy (non-hydrogen) atoms. The lowest BCUT2D eigenvalue weighted by atomic mass is 9.63. The molecule has 0 saturated carbocycles. The number of phenols is 1. The molecule has 0 bridgehead atoms. The van der Waals surface area contributed by atoms with E-state index >= 15 is 0 Å². The van der Waals surface area contributed by atoms with Crippen LogP contribution in [0.2, 0.25) is 0 Å². The first-order valence-electron chi connectivity index (χ1n) is 27.6. The first-order chi connectivity index (χ1) is 37.6. The molecule has 6 aromatic rings. The van der Waals surface area contributed by atoms with Crippen LogP contribution in [-0.4, -0.2) is 60.9 Å². The summed E-state index contributed by atoms with van der Waals surface area (Å²) in [6.45, 7) is 26.6. The van der Waals surface area contributed by atoms with Crippen LogP contribution in [0.25, 0.3) is 5.76 Å². The van der Waals surface area contributed by atoms with Gasteiger partial charge in [-0.1, -0.05) is 126 Å². The maximum atomic E-state index is 12.8. The Bertz CT molecular complexity index is 3460. The molecule has 0 fully saturated rings. The van der Waals surface area contributed by atoms with E-state index < -0.39 is 23.7 Å². The number of aliphatic hydroxyl groups is 1. The number of allylic oxidation sites excluding steroid dienone is 1. The number of rotatable bonds is 11. The van der Waals surface area contributed by atoms with Crippen molar-refractivity contribution in [2.24, 2.45) is 0 Å². The fraction of sp³-hybridized carbons (Fsp3) is 0.362. The zero-order valence-electron chi connectivity index (χ0n) is 48.8. The molecule has 424 valence electrons. The van der Waals surface area contributed by atoms with Crippen LogP contribution < -0.4 is 5.32 Å². The van der Waals surface area contributed by atoms with Gasteiger partial charge in [-0.2, -0.15) is 0 Å². The van der Waals surface area contributed by atoms with Gasteiger partial charge in [0.25, 0.3) is 5.91 Å². The molecule has 0 radical (unpaired) electrons. The van der Waals surface area contributed by atoms with Crippen LogP contribution in [-0.2, 0) is 38.9 Å². The Labute approximate surface area is 476 Å². The monoisotopic (exact) mass is 1100 g/mol. The number of aromatic carboxylic acids is 3. The number of benzene rings is 6. The predicted molar refractivity (Wildman–Crippen MR) is 318 cm³/mol. The highest BCUT2D eigenvalue weighted by atomic mass is 16.4. The largest absolute Gasteiger partial charge is 0.507 e. The van der Waals surface area contributed by atoms with Crippen LogP contribution in [0.4, 0.5) is 5.69 Å². The van der Waals surface area contributed by atoms with Crippen molar-refractivity contribution in [2.45, 2.75) is 161 Å². The van der Waals surface area contributed by atoms with Gasteiger partial charge in [0.2, 0.25) is 0 Å². The van der Waals surface area contributed by atoms with Gasteiger partial charge in [0.1, 0.15) is 11.5 Å². The van der Waals surface area contributed by atoms with Gasteiger partial charge < -0.3 is 30.8 Å². The molecule has 12 nitrogen and oxygen atoms in total. The lowest BCUT2D eigenvalue weighted by Gasteiger charge is -2.42. The van der Waals surface area contributed by atoms with E-state index in [-0.39, 0.29) is 84.4 Å². The lowest BCUT2D eigenvalue weighted by molar-refractivity contribution is 0.0686. The maximum Gasteiger partial charge on any atom is 0.335 e. The van der Waals surface area contributed by atoms with Crippen molar-refractivity contribution < 1.29 is 54.3 Å². The van der Waals surface area contributed by atoms with Crippen LogP contribution in [0.1, 0.15) is 228 Å². The molecule has 0 heterocycles. The van der Waals surface area contributed by atoms with Crippen LogP contribution in [0.15, 0.2) is 127 Å². The normalized spacial score (nSPS) is 17.4. The van der Waals surface area contributed by atoms with Crippen molar-refractivity contribution in [2.75, 3.05) is 5.32 Å². The number of phenolic OH excluding ortho intramolecular Hbond substituents is 1. The van der Waals surface area contributed by atoms with E-state index in [4.69, 9.17) is 15.3 Å². The highest BCUT2D eigenvalue weighted by molar-refractivity contribution is 6.10. The number of aromatic hydroxyl groups is 1. The van der Waals surface area contributed by atoms with Gasteiger partial charge in [-0.3, -0.25) is 14.4 Å². The Morgan fingerprint density at radius 1 is 0.407 bits per heavy atom. The van der Waals surface area contributed by atoms with E-state index in [1.165, 1.54) is 70.8 Å². The first kappa shape index (κ1) is 60.5. The highest BCUT2D eigenvalue weighted by Crippen LogP contribution is 2.49. The quantitative estimate of drug-likeness (QED) is 0.0408. The van der Waals surface area contributed by atoms with E-state index in [1.54, 1.807) is 36.4 Å². The molecule has 3 aliphatic carbocycles. The summed E-state index contributed by atoms with van der Waals surface area (Å²) < 4.78 is 0. The van der Waals surface area contributed by atoms with Crippen molar-refractivity contribution >= 4 is 46.8 Å². The number of hydrogen-bond donors (Lipinski definition) is 6. The van der Waals surface area contributed by atoms with Crippen LogP contribution in [0, 0.1) is 0 Å². The summed E-state index contributed by atoms with van der Waals surface area (Å²) in [6, 6.07) is 33.7. The highest BCUT2D eigenvalue weighted by Gasteiger charge is 2.40. The summed E-state index contributed by atoms with van der Waals surface area (Å²) in [6.07, 6.45) is 7.82. The molecule has 6 N–H and O–H groups in total. The van der Waals surface area contributed by atoms with Gasteiger partial charge in [-0.25, -0.2) is 14.4 Å². The minimum Gasteiger partial charge on any atom is -0.507 e. The van der Waals surface area contributed by atoms with E-state index in [2.05, 4.69) is 113 Å². The lowest BCUT2D eigenvalue weighted by Crippen LogP contribution is -2.34. The fourth-order valence-corrected chi connectivity index (χ4v) is 11.3. The number of amides is 1. The number of carboxylic acid groups (broad SMARTS) is 3. The average molecular weight is 1100 g/mol. The molecular weight excluding hydrogens is 1020 g/mol. The van der Waals surface area contributed by atoms with Gasteiger partial charge in [0, 0.05) is 34.9 Å². The molecule has 0 unspecified atom stereocenters. The van der Waals surface area contributed by atoms with Crippen molar-refractivity contribution in [3.8, 4) is 5.75 Å². The third-order valence-corrected chi connectivity index (χ3v) is 17.2. The molecule has 12 heteroatoms. The summed E-state index contributed by atoms with van der Waals surface area (Å²) in [5.74, 6) is -4.11. The average Bonchev–Trinajstić information content (AvgIpc) is 3.62. The number of Topliss-reactive ketones (excluding diaryl/α,β-unsaturated/α-hetero) is 1. The Kier molecular flexibility index (Phi) is 17.0. The second kappa shape index (κ2) is 22.8. The molecule has 0 aliphatic heterocycles. The summed E-state index contributed by atoms with van der Waals surface area (Å²) in [4.78, 5) is 70.9. The van der Waals surface area contributed by atoms with E-state index in [1.807, 2.05) is 12.1 Å². The number of ketones is 2. The van der Waals surface area contributed by atoms with E-state index in [0.29, 0.717) is 11.1 Å². The Morgan fingerprint density at radius 2 is 0.753 bits per heavy atom. The third kappa shape index (κ3) is 13.6. The van der Waals surface area contributed by atoms with Gasteiger partial charge in [0.15, 0.2) is 11.6 Å². The predicted octanol–water partition coefficient (Wildman–Crippen LogP) is 15.4. The second-order valence-corrected chi connectivity index (χ2v) is 26.0. The topological polar surface area (TPSA) is 216 Å². The van der Waals surface area contributed by atoms with Crippen LogP contribution in [0.5, 0.6) is 5.75 Å². The van der Waals surface area contributed by atoms with Crippen molar-refractivity contribution in [3.63, 3.8) is 0 Å². The molecule has 0 spiro atoms. The Morgan fingerprint density at radius 3 is 1.20 bits per heavy atom. The van der Waals surface area contributed by atoms with Gasteiger partial charge in [0.05, 0.1) is 22.3 Å². The molecule has 0 saturated heterocycles. The number of nitrogens with one attached hydrogen (secondary N) is 1. The Balaban J connectivity index is 0.000000176. The zero-order valence-corrected chi connectivity index (χ0v) is 48.8. The first-order valence-corrected chi connectivity index (χ1v) is 27.6. The molecule has 6 aromatic carbocycles. The van der Waals surface area contributed by atoms with Crippen molar-refractivity contribution in [3.05, 3.63) is 205 Å². The standard InChI is InChI=1S/C24H26O5.C23H26O3.C22H25NO3/c1-23(2)9-10-24(3,4)18-12-20(26)16(11-17(18)23)21(27)13-19(25)14-5-7-15(8-6-14)22(28)29;1-22(2)11-12-23(3,4)19-14-17(9-10-18(19)22)20(24)13-15-5-7-16(8-6-15)21(25)26;1-21(2)11-12-22(3,4)18-13-16(9-10-17(18)21)23-19(24)14-5-7-15(8-6-14)20(25)26/h5-8,11-13,25-26H,9-10H2,1-4H3,(H,28,29);5-10,14H,11-13H2,1-4H3,(H,25,26);5-10,13H,11-12H2,1-4H3,(H,23,24)(H,25,26)/b19-13-;;. The van der Waals surface area contributed by atoms with Crippen molar-refractivity contribution in [1.29, 1.82) is 0 Å². The number of carbonyl (C=O) groups is 6. The molecule has 3 aliphatic rings.